The minimum atomic E-state index is 0.718. The van der Waals surface area contributed by atoms with Crippen LogP contribution in [0.1, 0.15) is 12.5 Å². The molecule has 1 fully saturated rings. The van der Waals surface area contributed by atoms with Crippen molar-refractivity contribution < 1.29 is 9.47 Å². The predicted octanol–water partition coefficient (Wildman–Crippen LogP) is 2.14. The third kappa shape index (κ3) is 4.05. The van der Waals surface area contributed by atoms with Crippen LogP contribution in [0.5, 0.6) is 5.75 Å². The molecular weight excluding hydrogens is 246 g/mol. The molecule has 0 spiro atoms. The van der Waals surface area contributed by atoms with Gasteiger partial charge in [-0.15, -0.1) is 0 Å². The zero-order chi connectivity index (χ0) is 12.8. The van der Waals surface area contributed by atoms with Crippen LogP contribution in [-0.2, 0) is 4.74 Å². The van der Waals surface area contributed by atoms with Crippen molar-refractivity contribution in [2.24, 2.45) is 0 Å². The minimum Gasteiger partial charge on any atom is -0.492 e. The van der Waals surface area contributed by atoms with E-state index in [9.17, 15) is 0 Å². The molecule has 1 heterocycles. The van der Waals surface area contributed by atoms with Crippen molar-refractivity contribution in [3.8, 4) is 5.75 Å². The van der Waals surface area contributed by atoms with Gasteiger partial charge in [0.05, 0.1) is 13.2 Å². The largest absolute Gasteiger partial charge is 0.492 e. The van der Waals surface area contributed by atoms with Gasteiger partial charge in [-0.1, -0.05) is 24.4 Å². The summed E-state index contributed by atoms with van der Waals surface area (Å²) in [4.78, 5) is 3.27. The van der Waals surface area contributed by atoms with E-state index < -0.39 is 0 Å². The van der Waals surface area contributed by atoms with E-state index >= 15 is 0 Å². The van der Waals surface area contributed by atoms with Crippen molar-refractivity contribution in [1.29, 1.82) is 0 Å². The molecule has 18 heavy (non-hydrogen) atoms. The first-order chi connectivity index (χ1) is 8.75. The standard InChI is InChI=1S/C14H19NO2S/c1-12(18)13-2-4-14(5-3-13)17-11-8-15-6-9-16-10-7-15/h2-5H,6-11H2,1H3. The molecular formula is C14H19NO2S. The van der Waals surface area contributed by atoms with E-state index in [-0.39, 0.29) is 0 Å². The molecule has 1 aliphatic rings. The maximum absolute atomic E-state index is 5.72. The molecule has 0 atom stereocenters. The highest BCUT2D eigenvalue weighted by atomic mass is 32.1. The van der Waals surface area contributed by atoms with Gasteiger partial charge in [-0.2, -0.15) is 0 Å². The Balaban J connectivity index is 1.74. The van der Waals surface area contributed by atoms with Crippen molar-refractivity contribution in [3.63, 3.8) is 0 Å². The fourth-order valence-corrected chi connectivity index (χ4v) is 2.04. The normalized spacial score (nSPS) is 16.5. The maximum Gasteiger partial charge on any atom is 0.119 e. The quantitative estimate of drug-likeness (QED) is 0.600. The van der Waals surface area contributed by atoms with E-state index in [4.69, 9.17) is 21.7 Å². The van der Waals surface area contributed by atoms with Crippen LogP contribution in [0, 0.1) is 0 Å². The van der Waals surface area contributed by atoms with Gasteiger partial charge in [0.1, 0.15) is 12.4 Å². The number of nitrogens with zero attached hydrogens (tertiary/aromatic N) is 1. The number of hydrogen-bond acceptors (Lipinski definition) is 4. The minimum absolute atomic E-state index is 0.718. The summed E-state index contributed by atoms with van der Waals surface area (Å²) in [5, 5.41) is 0. The van der Waals surface area contributed by atoms with E-state index in [1.54, 1.807) is 0 Å². The summed E-state index contributed by atoms with van der Waals surface area (Å²) in [6, 6.07) is 7.97. The number of hydrogen-bond donors (Lipinski definition) is 0. The van der Waals surface area contributed by atoms with Crippen molar-refractivity contribution >= 4 is 17.1 Å². The average molecular weight is 265 g/mol. The molecule has 1 saturated heterocycles. The monoisotopic (exact) mass is 265 g/mol. The molecule has 0 unspecified atom stereocenters. The second kappa shape index (κ2) is 6.83. The highest BCUT2D eigenvalue weighted by Gasteiger charge is 2.09. The molecule has 98 valence electrons. The Morgan fingerprint density at radius 3 is 2.56 bits per heavy atom. The topological polar surface area (TPSA) is 21.7 Å². The molecule has 2 rings (SSSR count). The van der Waals surface area contributed by atoms with Crippen LogP contribution in [0.2, 0.25) is 0 Å². The highest BCUT2D eigenvalue weighted by molar-refractivity contribution is 7.80. The lowest BCUT2D eigenvalue weighted by molar-refractivity contribution is 0.0322. The van der Waals surface area contributed by atoms with E-state index in [0.717, 1.165) is 55.6 Å². The van der Waals surface area contributed by atoms with Crippen LogP contribution in [0.25, 0.3) is 0 Å². The van der Waals surface area contributed by atoms with Gasteiger partial charge >= 0.3 is 0 Å². The Kier molecular flexibility index (Phi) is 5.11. The van der Waals surface area contributed by atoms with Gasteiger partial charge in [-0.05, 0) is 24.6 Å². The molecule has 1 aliphatic heterocycles. The van der Waals surface area contributed by atoms with Gasteiger partial charge in [0, 0.05) is 24.5 Å². The van der Waals surface area contributed by atoms with E-state index in [2.05, 4.69) is 4.90 Å². The summed E-state index contributed by atoms with van der Waals surface area (Å²) in [6.45, 7) is 7.29. The summed E-state index contributed by atoms with van der Waals surface area (Å²) in [6.07, 6.45) is 0. The molecule has 0 aromatic heterocycles. The molecule has 0 amide bonds. The molecule has 0 N–H and O–H groups in total. The van der Waals surface area contributed by atoms with E-state index in [0.29, 0.717) is 0 Å². The molecule has 3 nitrogen and oxygen atoms in total. The van der Waals surface area contributed by atoms with Crippen LogP contribution < -0.4 is 4.74 Å². The van der Waals surface area contributed by atoms with Gasteiger partial charge < -0.3 is 9.47 Å². The molecule has 1 aromatic rings. The fraction of sp³-hybridized carbons (Fsp3) is 0.500. The summed E-state index contributed by atoms with van der Waals surface area (Å²) >= 11 is 5.12. The van der Waals surface area contributed by atoms with Crippen LogP contribution in [-0.4, -0.2) is 49.2 Å². The first-order valence-electron chi connectivity index (χ1n) is 6.29. The zero-order valence-electron chi connectivity index (χ0n) is 10.7. The zero-order valence-corrected chi connectivity index (χ0v) is 11.5. The summed E-state index contributed by atoms with van der Waals surface area (Å²) in [7, 11) is 0. The van der Waals surface area contributed by atoms with Crippen molar-refractivity contribution in [1.82, 2.24) is 4.90 Å². The number of thiocarbonyl (C=S) groups is 1. The molecule has 0 aliphatic carbocycles. The van der Waals surface area contributed by atoms with Crippen LogP contribution in [0.15, 0.2) is 24.3 Å². The lowest BCUT2D eigenvalue weighted by Gasteiger charge is -2.26. The first-order valence-corrected chi connectivity index (χ1v) is 6.70. The molecule has 1 aromatic carbocycles. The second-order valence-corrected chi connectivity index (χ2v) is 5.00. The van der Waals surface area contributed by atoms with E-state index in [1.807, 2.05) is 31.2 Å². The molecule has 0 bridgehead atoms. The Hall–Kier alpha value is -0.970. The Labute approximate surface area is 114 Å². The molecule has 0 saturated carbocycles. The Bertz CT molecular complexity index is 385. The van der Waals surface area contributed by atoms with Gasteiger partial charge in [-0.25, -0.2) is 0 Å². The number of rotatable bonds is 5. The van der Waals surface area contributed by atoms with Crippen molar-refractivity contribution in [2.45, 2.75) is 6.92 Å². The smallest absolute Gasteiger partial charge is 0.119 e. The third-order valence-electron chi connectivity index (χ3n) is 3.04. The number of morpholine rings is 1. The predicted molar refractivity (Wildman–Crippen MR) is 76.6 cm³/mol. The lowest BCUT2D eigenvalue weighted by Crippen LogP contribution is -2.38. The van der Waals surface area contributed by atoms with Gasteiger partial charge in [0.2, 0.25) is 0 Å². The molecule has 0 radical (unpaired) electrons. The van der Waals surface area contributed by atoms with Gasteiger partial charge in [0.25, 0.3) is 0 Å². The third-order valence-corrected chi connectivity index (χ3v) is 3.28. The van der Waals surface area contributed by atoms with Crippen LogP contribution in [0.3, 0.4) is 0 Å². The summed E-state index contributed by atoms with van der Waals surface area (Å²) in [5.74, 6) is 0.906. The van der Waals surface area contributed by atoms with Crippen molar-refractivity contribution in [2.75, 3.05) is 39.5 Å². The van der Waals surface area contributed by atoms with E-state index in [1.165, 1.54) is 0 Å². The Morgan fingerprint density at radius 2 is 1.94 bits per heavy atom. The van der Waals surface area contributed by atoms with Gasteiger partial charge in [0.15, 0.2) is 0 Å². The summed E-state index contributed by atoms with van der Waals surface area (Å²) in [5.41, 5.74) is 1.09. The van der Waals surface area contributed by atoms with Crippen molar-refractivity contribution in [3.05, 3.63) is 29.8 Å². The van der Waals surface area contributed by atoms with Crippen LogP contribution in [0.4, 0.5) is 0 Å². The fourth-order valence-electron chi connectivity index (χ4n) is 1.90. The van der Waals surface area contributed by atoms with Crippen LogP contribution >= 0.6 is 12.2 Å². The first kappa shape index (κ1) is 13.5. The number of ether oxygens (including phenoxy) is 2. The lowest BCUT2D eigenvalue weighted by atomic mass is 10.2. The Morgan fingerprint density at radius 1 is 1.28 bits per heavy atom. The second-order valence-electron chi connectivity index (χ2n) is 4.38. The van der Waals surface area contributed by atoms with Gasteiger partial charge in [-0.3, -0.25) is 4.90 Å². The molecule has 4 heteroatoms. The maximum atomic E-state index is 5.72. The number of benzene rings is 1. The SMILES string of the molecule is CC(=S)c1ccc(OCCN2CCOCC2)cc1. The highest BCUT2D eigenvalue weighted by Crippen LogP contribution is 2.13. The summed E-state index contributed by atoms with van der Waals surface area (Å²) < 4.78 is 11.0. The average Bonchev–Trinajstić information content (AvgIpc) is 2.40.